The maximum Gasteiger partial charge on any atom is 0.266 e. The van der Waals surface area contributed by atoms with Crippen LogP contribution in [-0.2, 0) is 0 Å². The summed E-state index contributed by atoms with van der Waals surface area (Å²) in [6.45, 7) is 0. The van der Waals surface area contributed by atoms with Crippen molar-refractivity contribution in [2.45, 2.75) is 6.43 Å². The average molecular weight is 219 g/mol. The zero-order chi connectivity index (χ0) is 10.7. The van der Waals surface area contributed by atoms with Gasteiger partial charge in [0.25, 0.3) is 6.43 Å². The molecule has 1 rings (SSSR count). The monoisotopic (exact) mass is 218 g/mol. The van der Waals surface area contributed by atoms with E-state index in [1.165, 1.54) is 7.11 Å². The molecule has 0 unspecified atom stereocenters. The van der Waals surface area contributed by atoms with E-state index < -0.39 is 12.0 Å². The van der Waals surface area contributed by atoms with E-state index in [1.807, 2.05) is 0 Å². The fourth-order valence-corrected chi connectivity index (χ4v) is 1.20. The Hall–Kier alpha value is -1.41. The van der Waals surface area contributed by atoms with Gasteiger partial charge < -0.3 is 4.74 Å². The van der Waals surface area contributed by atoms with Crippen molar-refractivity contribution in [3.8, 4) is 11.8 Å². The van der Waals surface area contributed by atoms with E-state index in [1.54, 1.807) is 6.07 Å². The van der Waals surface area contributed by atoms with Crippen LogP contribution < -0.4 is 4.74 Å². The molecule has 1 aromatic heterocycles. The molecule has 14 heavy (non-hydrogen) atoms. The maximum absolute atomic E-state index is 12.3. The first kappa shape index (κ1) is 10.7. The summed E-state index contributed by atoms with van der Waals surface area (Å²) < 4.78 is 29.3. The highest BCUT2D eigenvalue weighted by atomic mass is 35.5. The lowest BCUT2D eigenvalue weighted by Crippen LogP contribution is -1.97. The number of nitrogens with zero attached hydrogens (tertiary/aromatic N) is 2. The molecule has 0 fully saturated rings. The van der Waals surface area contributed by atoms with Crippen molar-refractivity contribution < 1.29 is 13.5 Å². The first-order chi connectivity index (χ1) is 6.61. The molecule has 74 valence electrons. The van der Waals surface area contributed by atoms with Crippen LogP contribution in [0.1, 0.15) is 17.7 Å². The van der Waals surface area contributed by atoms with Crippen LogP contribution in [-0.4, -0.2) is 12.1 Å². The molecule has 0 atom stereocenters. The van der Waals surface area contributed by atoms with Crippen LogP contribution >= 0.6 is 11.6 Å². The Kier molecular flexibility index (Phi) is 3.20. The predicted molar refractivity (Wildman–Crippen MR) is 45.5 cm³/mol. The third kappa shape index (κ3) is 1.75. The molecule has 0 N–H and O–H groups in total. The van der Waals surface area contributed by atoms with Gasteiger partial charge in [-0.05, 0) is 0 Å². The Morgan fingerprint density at radius 1 is 1.64 bits per heavy atom. The fraction of sp³-hybridized carbons (Fsp3) is 0.250. The van der Waals surface area contributed by atoms with Gasteiger partial charge >= 0.3 is 0 Å². The van der Waals surface area contributed by atoms with E-state index in [9.17, 15) is 8.78 Å². The van der Waals surface area contributed by atoms with E-state index in [0.717, 1.165) is 6.20 Å². The lowest BCUT2D eigenvalue weighted by molar-refractivity contribution is 0.150. The van der Waals surface area contributed by atoms with Gasteiger partial charge in [0.2, 0.25) is 0 Å². The Labute approximate surface area is 83.9 Å². The highest BCUT2D eigenvalue weighted by molar-refractivity contribution is 6.33. The first-order valence-corrected chi connectivity index (χ1v) is 3.90. The molecule has 0 amide bonds. The lowest BCUT2D eigenvalue weighted by Gasteiger charge is -2.08. The summed E-state index contributed by atoms with van der Waals surface area (Å²) in [5.41, 5.74) is -0.551. The normalized spacial score (nSPS) is 10.0. The van der Waals surface area contributed by atoms with E-state index >= 15 is 0 Å². The summed E-state index contributed by atoms with van der Waals surface area (Å²) in [6.07, 6.45) is -1.87. The zero-order valence-corrected chi connectivity index (χ0v) is 7.85. The number of hydrogen-bond acceptors (Lipinski definition) is 3. The van der Waals surface area contributed by atoms with E-state index in [-0.39, 0.29) is 16.5 Å². The van der Waals surface area contributed by atoms with Crippen LogP contribution in [0.25, 0.3) is 0 Å². The van der Waals surface area contributed by atoms with Gasteiger partial charge in [-0.2, -0.15) is 5.26 Å². The standard InChI is InChI=1S/C8H5ClF2N2O/c1-14-7-5(2-12)13-3-4(6(7)9)8(10)11/h3,8H,1H3. The summed E-state index contributed by atoms with van der Waals surface area (Å²) in [4.78, 5) is 3.50. The minimum atomic E-state index is -2.74. The second-order valence-electron chi connectivity index (χ2n) is 2.32. The number of hydrogen-bond donors (Lipinski definition) is 0. The number of aromatic nitrogens is 1. The van der Waals surface area contributed by atoms with Gasteiger partial charge in [-0.15, -0.1) is 0 Å². The van der Waals surface area contributed by atoms with Gasteiger partial charge in [0.1, 0.15) is 6.07 Å². The number of rotatable bonds is 2. The third-order valence-corrected chi connectivity index (χ3v) is 1.94. The lowest BCUT2D eigenvalue weighted by atomic mass is 10.2. The molecule has 6 heteroatoms. The minimum absolute atomic E-state index is 0.109. The minimum Gasteiger partial charge on any atom is -0.492 e. The van der Waals surface area contributed by atoms with Crippen molar-refractivity contribution in [1.29, 1.82) is 5.26 Å². The molecule has 3 nitrogen and oxygen atoms in total. The fourth-order valence-electron chi connectivity index (χ4n) is 0.902. The topological polar surface area (TPSA) is 45.9 Å². The van der Waals surface area contributed by atoms with Gasteiger partial charge in [0.05, 0.1) is 17.7 Å². The van der Waals surface area contributed by atoms with Gasteiger partial charge in [0, 0.05) is 6.20 Å². The number of alkyl halides is 2. The molecule has 0 aliphatic carbocycles. The van der Waals surface area contributed by atoms with Crippen molar-refractivity contribution in [3.05, 3.63) is 22.5 Å². The first-order valence-electron chi connectivity index (χ1n) is 3.52. The van der Waals surface area contributed by atoms with Crippen LogP contribution in [0.3, 0.4) is 0 Å². The van der Waals surface area contributed by atoms with Crippen LogP contribution in [0.2, 0.25) is 5.02 Å². The third-order valence-electron chi connectivity index (χ3n) is 1.55. The second kappa shape index (κ2) is 4.20. The predicted octanol–water partition coefficient (Wildman–Crippen LogP) is 2.55. The zero-order valence-electron chi connectivity index (χ0n) is 7.09. The van der Waals surface area contributed by atoms with Crippen molar-refractivity contribution in [2.24, 2.45) is 0 Å². The molecule has 0 saturated carbocycles. The Bertz CT molecular complexity index is 390. The molecule has 1 aromatic rings. The summed E-state index contributed by atoms with van der Waals surface area (Å²) in [5.74, 6) is -0.119. The van der Waals surface area contributed by atoms with E-state index in [4.69, 9.17) is 21.6 Å². The average Bonchev–Trinajstić information content (AvgIpc) is 2.16. The Morgan fingerprint density at radius 3 is 2.71 bits per heavy atom. The van der Waals surface area contributed by atoms with Crippen LogP contribution in [0.5, 0.6) is 5.75 Å². The second-order valence-corrected chi connectivity index (χ2v) is 2.70. The number of nitriles is 1. The van der Waals surface area contributed by atoms with Crippen LogP contribution in [0.4, 0.5) is 8.78 Å². The molecule has 0 aliphatic rings. The van der Waals surface area contributed by atoms with Crippen LogP contribution in [0, 0.1) is 11.3 Å². The summed E-state index contributed by atoms with van der Waals surface area (Å²) >= 11 is 5.59. The highest BCUT2D eigenvalue weighted by Crippen LogP contribution is 2.35. The summed E-state index contributed by atoms with van der Waals surface area (Å²) in [5, 5.41) is 8.30. The Balaban J connectivity index is 3.37. The van der Waals surface area contributed by atoms with E-state index in [0.29, 0.717) is 0 Å². The van der Waals surface area contributed by atoms with E-state index in [2.05, 4.69) is 4.98 Å². The van der Waals surface area contributed by atoms with Crippen molar-refractivity contribution >= 4 is 11.6 Å². The van der Waals surface area contributed by atoms with Crippen molar-refractivity contribution in [2.75, 3.05) is 7.11 Å². The largest absolute Gasteiger partial charge is 0.492 e. The molecule has 0 saturated heterocycles. The smallest absolute Gasteiger partial charge is 0.266 e. The number of halogens is 3. The molecular formula is C8H5ClF2N2O. The number of pyridine rings is 1. The molecule has 1 heterocycles. The molecule has 0 radical (unpaired) electrons. The van der Waals surface area contributed by atoms with Gasteiger partial charge in [-0.25, -0.2) is 13.8 Å². The molecule has 0 spiro atoms. The highest BCUT2D eigenvalue weighted by Gasteiger charge is 2.19. The SMILES string of the molecule is COc1c(C#N)ncc(C(F)F)c1Cl. The molecular weight excluding hydrogens is 214 g/mol. The number of ether oxygens (including phenoxy) is 1. The summed E-state index contributed by atoms with van der Waals surface area (Å²) in [6, 6.07) is 1.69. The molecule has 0 aliphatic heterocycles. The van der Waals surface area contributed by atoms with Crippen molar-refractivity contribution in [1.82, 2.24) is 4.98 Å². The molecule has 0 aromatic carbocycles. The maximum atomic E-state index is 12.3. The Morgan fingerprint density at radius 2 is 2.29 bits per heavy atom. The quantitative estimate of drug-likeness (QED) is 0.766. The molecule has 0 bridgehead atoms. The number of methoxy groups -OCH3 is 1. The summed E-state index contributed by atoms with van der Waals surface area (Å²) in [7, 11) is 1.24. The van der Waals surface area contributed by atoms with Gasteiger partial charge in [-0.1, -0.05) is 11.6 Å². The van der Waals surface area contributed by atoms with Gasteiger partial charge in [-0.3, -0.25) is 0 Å². The van der Waals surface area contributed by atoms with Crippen LogP contribution in [0.15, 0.2) is 6.20 Å². The van der Waals surface area contributed by atoms with Crippen molar-refractivity contribution in [3.63, 3.8) is 0 Å². The van der Waals surface area contributed by atoms with Gasteiger partial charge in [0.15, 0.2) is 11.4 Å².